The molecular formula is C56H37NO. The van der Waals surface area contributed by atoms with Gasteiger partial charge in [-0.05, 0) is 103 Å². The molecule has 0 aliphatic rings. The Bertz CT molecular complexity index is 3250. The summed E-state index contributed by atoms with van der Waals surface area (Å²) >= 11 is 0. The zero-order chi connectivity index (χ0) is 38.4. The number of furan rings is 1. The summed E-state index contributed by atoms with van der Waals surface area (Å²) in [5.41, 5.74) is 14.4. The van der Waals surface area contributed by atoms with Crippen molar-refractivity contribution in [2.24, 2.45) is 0 Å². The number of hydrogen-bond acceptors (Lipinski definition) is 2. The fraction of sp³-hybridized carbons (Fsp3) is 0. The van der Waals surface area contributed by atoms with E-state index in [0.717, 1.165) is 50.1 Å². The van der Waals surface area contributed by atoms with Crippen molar-refractivity contribution >= 4 is 60.5 Å². The summed E-state index contributed by atoms with van der Waals surface area (Å²) in [5.74, 6) is 0. The van der Waals surface area contributed by atoms with Crippen molar-refractivity contribution in [2.45, 2.75) is 0 Å². The van der Waals surface area contributed by atoms with Crippen LogP contribution in [0.15, 0.2) is 229 Å². The summed E-state index contributed by atoms with van der Waals surface area (Å²) < 4.78 is 6.75. The summed E-state index contributed by atoms with van der Waals surface area (Å²) in [6, 6.07) is 80.5. The van der Waals surface area contributed by atoms with Crippen LogP contribution in [0.2, 0.25) is 0 Å². The Balaban J connectivity index is 1.02. The van der Waals surface area contributed by atoms with E-state index in [4.69, 9.17) is 4.42 Å². The van der Waals surface area contributed by atoms with Gasteiger partial charge in [-0.2, -0.15) is 0 Å². The van der Waals surface area contributed by atoms with Crippen molar-refractivity contribution in [2.75, 3.05) is 4.90 Å². The van der Waals surface area contributed by atoms with Gasteiger partial charge in [-0.25, -0.2) is 0 Å². The van der Waals surface area contributed by atoms with Gasteiger partial charge in [-0.3, -0.25) is 0 Å². The van der Waals surface area contributed by atoms with Gasteiger partial charge in [0.25, 0.3) is 0 Å². The van der Waals surface area contributed by atoms with Crippen LogP contribution in [0.3, 0.4) is 0 Å². The van der Waals surface area contributed by atoms with E-state index in [0.29, 0.717) is 0 Å². The third-order valence-electron chi connectivity index (χ3n) is 11.5. The standard InChI is InChI=1S/C56H37NO/c1-3-13-40(14-4-1)48-34-35-49(52-19-10-9-18-51(48)52)42-26-30-46(31-27-42)57(45-28-24-39(25-29-45)44-23-22-38-12-7-8-17-43(38)36-44)47-32-33-53-54-21-11-20-50(41-15-5-2-6-16-41)56(54)58-55(53)37-47/h1-37H. The van der Waals surface area contributed by atoms with Crippen LogP contribution in [-0.2, 0) is 0 Å². The van der Waals surface area contributed by atoms with Crippen LogP contribution in [0, 0.1) is 0 Å². The van der Waals surface area contributed by atoms with Gasteiger partial charge in [0.1, 0.15) is 11.2 Å². The molecule has 11 aromatic rings. The average Bonchev–Trinajstić information content (AvgIpc) is 3.68. The van der Waals surface area contributed by atoms with Crippen molar-refractivity contribution in [3.63, 3.8) is 0 Å². The van der Waals surface area contributed by atoms with Crippen LogP contribution in [0.25, 0.3) is 88.0 Å². The predicted molar refractivity (Wildman–Crippen MR) is 245 cm³/mol. The summed E-state index contributed by atoms with van der Waals surface area (Å²) in [6.45, 7) is 0. The number of benzene rings is 10. The molecular weight excluding hydrogens is 703 g/mol. The average molecular weight is 740 g/mol. The van der Waals surface area contributed by atoms with Gasteiger partial charge in [0.05, 0.1) is 0 Å². The Morgan fingerprint density at radius 1 is 0.276 bits per heavy atom. The molecule has 0 saturated carbocycles. The molecule has 0 aliphatic heterocycles. The van der Waals surface area contributed by atoms with Crippen molar-refractivity contribution < 1.29 is 4.42 Å². The summed E-state index contributed by atoms with van der Waals surface area (Å²) in [6.07, 6.45) is 0. The molecule has 0 unspecified atom stereocenters. The minimum absolute atomic E-state index is 0.857. The van der Waals surface area contributed by atoms with E-state index in [1.54, 1.807) is 0 Å². The summed E-state index contributed by atoms with van der Waals surface area (Å²) in [5, 5.41) is 7.19. The lowest BCUT2D eigenvalue weighted by Gasteiger charge is -2.26. The lowest BCUT2D eigenvalue weighted by atomic mass is 9.92. The highest BCUT2D eigenvalue weighted by atomic mass is 16.3. The molecule has 2 nitrogen and oxygen atoms in total. The molecule has 0 amide bonds. The molecule has 0 aliphatic carbocycles. The Kier molecular flexibility index (Phi) is 8.19. The zero-order valence-electron chi connectivity index (χ0n) is 31.7. The number of nitrogens with zero attached hydrogens (tertiary/aromatic N) is 1. The topological polar surface area (TPSA) is 16.4 Å². The molecule has 2 heteroatoms. The van der Waals surface area contributed by atoms with Crippen LogP contribution >= 0.6 is 0 Å². The lowest BCUT2D eigenvalue weighted by Crippen LogP contribution is -2.09. The van der Waals surface area contributed by atoms with E-state index in [9.17, 15) is 0 Å². The number of fused-ring (bicyclic) bond motifs is 5. The second kappa shape index (κ2) is 14.1. The van der Waals surface area contributed by atoms with Crippen molar-refractivity contribution in [3.05, 3.63) is 224 Å². The number of para-hydroxylation sites is 1. The quantitative estimate of drug-likeness (QED) is 0.162. The van der Waals surface area contributed by atoms with E-state index in [2.05, 4.69) is 223 Å². The predicted octanol–water partition coefficient (Wildman–Crippen LogP) is 16.0. The SMILES string of the molecule is c1ccc(-c2ccc(-c3ccc(N(c4ccc(-c5ccc6ccccc6c5)cc4)c4ccc5c(c4)oc4c(-c6ccccc6)cccc45)cc3)c3ccccc23)cc1. The zero-order valence-corrected chi connectivity index (χ0v) is 31.7. The first kappa shape index (κ1) is 33.6. The highest BCUT2D eigenvalue weighted by Gasteiger charge is 2.18. The largest absolute Gasteiger partial charge is 0.455 e. The van der Waals surface area contributed by atoms with E-state index < -0.39 is 0 Å². The molecule has 10 aromatic carbocycles. The van der Waals surface area contributed by atoms with Gasteiger partial charge in [0.15, 0.2) is 0 Å². The maximum absolute atomic E-state index is 6.75. The fourth-order valence-corrected chi connectivity index (χ4v) is 8.60. The van der Waals surface area contributed by atoms with Gasteiger partial charge in [0.2, 0.25) is 0 Å². The fourth-order valence-electron chi connectivity index (χ4n) is 8.60. The molecule has 0 N–H and O–H groups in total. The van der Waals surface area contributed by atoms with Gasteiger partial charge in [-0.1, -0.05) is 176 Å². The molecule has 58 heavy (non-hydrogen) atoms. The van der Waals surface area contributed by atoms with Crippen molar-refractivity contribution in [1.29, 1.82) is 0 Å². The second-order valence-electron chi connectivity index (χ2n) is 14.9. The summed E-state index contributed by atoms with van der Waals surface area (Å²) in [7, 11) is 0. The van der Waals surface area contributed by atoms with Gasteiger partial charge in [-0.15, -0.1) is 0 Å². The number of hydrogen-bond donors (Lipinski definition) is 0. The Labute approximate surface area is 337 Å². The van der Waals surface area contributed by atoms with E-state index in [-0.39, 0.29) is 0 Å². The van der Waals surface area contributed by atoms with Gasteiger partial charge < -0.3 is 9.32 Å². The minimum Gasteiger partial charge on any atom is -0.455 e. The molecule has 0 saturated heterocycles. The third-order valence-corrected chi connectivity index (χ3v) is 11.5. The van der Waals surface area contributed by atoms with Crippen LogP contribution < -0.4 is 4.90 Å². The molecule has 0 spiro atoms. The normalized spacial score (nSPS) is 11.4. The van der Waals surface area contributed by atoms with Crippen LogP contribution in [0.1, 0.15) is 0 Å². The Morgan fingerprint density at radius 2 is 0.793 bits per heavy atom. The third kappa shape index (κ3) is 5.91. The molecule has 11 rings (SSSR count). The molecule has 1 aromatic heterocycles. The van der Waals surface area contributed by atoms with E-state index in [1.807, 2.05) is 6.07 Å². The minimum atomic E-state index is 0.857. The Morgan fingerprint density at radius 3 is 1.47 bits per heavy atom. The van der Waals surface area contributed by atoms with Crippen molar-refractivity contribution in [1.82, 2.24) is 0 Å². The molecule has 0 fully saturated rings. The first-order valence-corrected chi connectivity index (χ1v) is 19.8. The first-order valence-electron chi connectivity index (χ1n) is 19.8. The number of rotatable bonds is 7. The lowest BCUT2D eigenvalue weighted by molar-refractivity contribution is 0.670. The van der Waals surface area contributed by atoms with Gasteiger partial charge >= 0.3 is 0 Å². The number of anilines is 3. The van der Waals surface area contributed by atoms with Crippen molar-refractivity contribution in [3.8, 4) is 44.5 Å². The smallest absolute Gasteiger partial charge is 0.143 e. The molecule has 0 bridgehead atoms. The molecule has 1 heterocycles. The van der Waals surface area contributed by atoms with E-state index in [1.165, 1.54) is 54.9 Å². The maximum Gasteiger partial charge on any atom is 0.143 e. The highest BCUT2D eigenvalue weighted by molar-refractivity contribution is 6.10. The highest BCUT2D eigenvalue weighted by Crippen LogP contribution is 2.42. The van der Waals surface area contributed by atoms with Crippen LogP contribution in [0.4, 0.5) is 17.1 Å². The maximum atomic E-state index is 6.75. The monoisotopic (exact) mass is 739 g/mol. The van der Waals surface area contributed by atoms with E-state index >= 15 is 0 Å². The summed E-state index contributed by atoms with van der Waals surface area (Å²) in [4.78, 5) is 2.33. The Hall–Kier alpha value is -7.68. The first-order chi connectivity index (χ1) is 28.7. The van der Waals surface area contributed by atoms with Crippen LogP contribution in [0.5, 0.6) is 0 Å². The van der Waals surface area contributed by atoms with Crippen LogP contribution in [-0.4, -0.2) is 0 Å². The molecule has 0 radical (unpaired) electrons. The van der Waals surface area contributed by atoms with Gasteiger partial charge in [0, 0.05) is 39.5 Å². The second-order valence-corrected chi connectivity index (χ2v) is 14.9. The molecule has 272 valence electrons. The molecule has 0 atom stereocenters.